The molecule has 1 aromatic carbocycles. The average molecular weight is 377 g/mol. The van der Waals surface area contributed by atoms with Crippen LogP contribution in [0.5, 0.6) is 0 Å². The van der Waals surface area contributed by atoms with Gasteiger partial charge in [0.15, 0.2) is 5.96 Å². The van der Waals surface area contributed by atoms with Crippen molar-refractivity contribution >= 4 is 33.2 Å². The quantitative estimate of drug-likeness (QED) is 0.655. The van der Waals surface area contributed by atoms with Gasteiger partial charge >= 0.3 is 0 Å². The maximum Gasteiger partial charge on any atom is 0.193 e. The van der Waals surface area contributed by atoms with Crippen molar-refractivity contribution < 1.29 is 0 Å². The van der Waals surface area contributed by atoms with Crippen molar-refractivity contribution in [2.24, 2.45) is 4.99 Å². The van der Waals surface area contributed by atoms with Crippen LogP contribution in [-0.4, -0.2) is 25.0 Å². The molecule has 1 heterocycles. The summed E-state index contributed by atoms with van der Waals surface area (Å²) in [4.78, 5) is 7.65. The van der Waals surface area contributed by atoms with E-state index in [4.69, 9.17) is 5.26 Å². The molecule has 2 aromatic rings. The smallest absolute Gasteiger partial charge is 0.193 e. The van der Waals surface area contributed by atoms with E-state index in [-0.39, 0.29) is 0 Å². The predicted molar refractivity (Wildman–Crippen MR) is 94.8 cm³/mol. The van der Waals surface area contributed by atoms with E-state index in [0.717, 1.165) is 21.9 Å². The van der Waals surface area contributed by atoms with Gasteiger partial charge in [0.2, 0.25) is 0 Å². The van der Waals surface area contributed by atoms with Crippen LogP contribution in [0.25, 0.3) is 0 Å². The van der Waals surface area contributed by atoms with E-state index in [2.05, 4.69) is 49.3 Å². The third-order valence-electron chi connectivity index (χ3n) is 3.10. The third-order valence-corrected chi connectivity index (χ3v) is 4.71. The van der Waals surface area contributed by atoms with E-state index in [1.807, 2.05) is 25.2 Å². The predicted octanol–water partition coefficient (Wildman–Crippen LogP) is 3.59. The summed E-state index contributed by atoms with van der Waals surface area (Å²) in [6, 6.07) is 13.9. The number of aliphatic imine (C=N–C) groups is 1. The summed E-state index contributed by atoms with van der Waals surface area (Å²) >= 11 is 5.20. The molecule has 4 nitrogen and oxygen atoms in total. The maximum atomic E-state index is 8.93. The van der Waals surface area contributed by atoms with Crippen LogP contribution in [0.4, 0.5) is 0 Å². The minimum absolute atomic E-state index is 0.640. The summed E-state index contributed by atoms with van der Waals surface area (Å²) in [5.41, 5.74) is 1.73. The van der Waals surface area contributed by atoms with Crippen LogP contribution < -0.4 is 5.32 Å². The molecule has 0 saturated carbocycles. The molecular weight excluding hydrogens is 360 g/mol. The number of nitrogens with one attached hydrogen (secondary N) is 1. The fourth-order valence-corrected chi connectivity index (χ4v) is 3.60. The Morgan fingerprint density at radius 3 is 2.86 bits per heavy atom. The molecule has 1 N–H and O–H groups in total. The molecule has 0 unspecified atom stereocenters. The van der Waals surface area contributed by atoms with Crippen molar-refractivity contribution in [1.29, 1.82) is 5.26 Å². The molecule has 0 fully saturated rings. The van der Waals surface area contributed by atoms with Gasteiger partial charge in [0.05, 0.1) is 22.0 Å². The second kappa shape index (κ2) is 7.97. The number of thiophene rings is 1. The molecule has 0 aliphatic rings. The Morgan fingerprint density at radius 1 is 1.41 bits per heavy atom. The lowest BCUT2D eigenvalue weighted by atomic mass is 10.1. The first kappa shape index (κ1) is 16.5. The van der Waals surface area contributed by atoms with E-state index < -0.39 is 0 Å². The molecular formula is C16H17BrN4S. The van der Waals surface area contributed by atoms with Gasteiger partial charge in [-0.1, -0.05) is 12.1 Å². The lowest BCUT2D eigenvalue weighted by molar-refractivity contribution is 0.481. The van der Waals surface area contributed by atoms with Crippen molar-refractivity contribution in [1.82, 2.24) is 10.2 Å². The Balaban J connectivity index is 1.95. The summed E-state index contributed by atoms with van der Waals surface area (Å²) in [7, 11) is 3.78. The molecule has 114 valence electrons. The van der Waals surface area contributed by atoms with Crippen LogP contribution in [0.2, 0.25) is 0 Å². The highest BCUT2D eigenvalue weighted by atomic mass is 79.9. The van der Waals surface area contributed by atoms with Crippen molar-refractivity contribution in [3.63, 3.8) is 0 Å². The van der Waals surface area contributed by atoms with E-state index in [1.165, 1.54) is 4.88 Å². The zero-order chi connectivity index (χ0) is 15.9. The fraction of sp³-hybridized carbons (Fsp3) is 0.250. The molecule has 0 bridgehead atoms. The molecule has 2 rings (SSSR count). The first-order chi connectivity index (χ1) is 10.6. The number of hydrogen-bond acceptors (Lipinski definition) is 3. The molecule has 0 aliphatic heterocycles. The maximum absolute atomic E-state index is 8.93. The number of benzene rings is 1. The zero-order valence-corrected chi connectivity index (χ0v) is 14.9. The molecule has 0 aliphatic carbocycles. The molecule has 22 heavy (non-hydrogen) atoms. The molecule has 0 atom stereocenters. The van der Waals surface area contributed by atoms with Gasteiger partial charge in [-0.25, -0.2) is 0 Å². The highest BCUT2D eigenvalue weighted by Crippen LogP contribution is 2.22. The van der Waals surface area contributed by atoms with Gasteiger partial charge < -0.3 is 10.2 Å². The lowest BCUT2D eigenvalue weighted by Crippen LogP contribution is -2.37. The van der Waals surface area contributed by atoms with Crippen LogP contribution in [-0.2, 0) is 13.1 Å². The highest BCUT2D eigenvalue weighted by Gasteiger charge is 2.08. The minimum atomic E-state index is 0.640. The van der Waals surface area contributed by atoms with Gasteiger partial charge in [-0.2, -0.15) is 5.26 Å². The molecule has 1 aromatic heterocycles. The van der Waals surface area contributed by atoms with E-state index in [1.54, 1.807) is 24.5 Å². The second-order valence-corrected chi connectivity index (χ2v) is 7.32. The standard InChI is InChI=1S/C16H17BrN4S/c1-19-16(21(2)11-14-6-7-15(17)22-14)20-10-13-5-3-4-12(8-13)9-18/h3-8H,10-11H2,1-2H3,(H,19,20). The summed E-state index contributed by atoms with van der Waals surface area (Å²) in [6.45, 7) is 1.44. The van der Waals surface area contributed by atoms with Gasteiger partial charge in [0.1, 0.15) is 0 Å². The summed E-state index contributed by atoms with van der Waals surface area (Å²) in [5.74, 6) is 0.826. The largest absolute Gasteiger partial charge is 0.352 e. The summed E-state index contributed by atoms with van der Waals surface area (Å²) in [5, 5.41) is 12.3. The van der Waals surface area contributed by atoms with Crippen LogP contribution >= 0.6 is 27.3 Å². The van der Waals surface area contributed by atoms with E-state index in [0.29, 0.717) is 12.1 Å². The van der Waals surface area contributed by atoms with Crippen LogP contribution in [0, 0.1) is 11.3 Å². The number of halogens is 1. The van der Waals surface area contributed by atoms with Crippen molar-refractivity contribution in [2.45, 2.75) is 13.1 Å². The Bertz CT molecular complexity index is 702. The first-order valence-electron chi connectivity index (χ1n) is 6.77. The summed E-state index contributed by atoms with van der Waals surface area (Å²) in [6.07, 6.45) is 0. The van der Waals surface area contributed by atoms with Gasteiger partial charge in [0.25, 0.3) is 0 Å². The molecule has 0 radical (unpaired) electrons. The van der Waals surface area contributed by atoms with Gasteiger partial charge in [-0.3, -0.25) is 4.99 Å². The Morgan fingerprint density at radius 2 is 2.23 bits per heavy atom. The molecule has 0 saturated heterocycles. The van der Waals surface area contributed by atoms with E-state index >= 15 is 0 Å². The van der Waals surface area contributed by atoms with Crippen LogP contribution in [0.3, 0.4) is 0 Å². The lowest BCUT2D eigenvalue weighted by Gasteiger charge is -2.21. The minimum Gasteiger partial charge on any atom is -0.352 e. The normalized spacial score (nSPS) is 11.1. The topological polar surface area (TPSA) is 51.4 Å². The molecule has 6 heteroatoms. The van der Waals surface area contributed by atoms with Crippen molar-refractivity contribution in [3.8, 4) is 6.07 Å². The van der Waals surface area contributed by atoms with Crippen molar-refractivity contribution in [2.75, 3.05) is 14.1 Å². The number of hydrogen-bond donors (Lipinski definition) is 1. The number of guanidine groups is 1. The zero-order valence-electron chi connectivity index (χ0n) is 12.5. The summed E-state index contributed by atoms with van der Waals surface area (Å²) < 4.78 is 1.13. The number of nitriles is 1. The van der Waals surface area contributed by atoms with Gasteiger partial charge in [-0.15, -0.1) is 11.3 Å². The third kappa shape index (κ3) is 4.58. The highest BCUT2D eigenvalue weighted by molar-refractivity contribution is 9.11. The van der Waals surface area contributed by atoms with E-state index in [9.17, 15) is 0 Å². The first-order valence-corrected chi connectivity index (χ1v) is 8.38. The van der Waals surface area contributed by atoms with Crippen LogP contribution in [0.1, 0.15) is 16.0 Å². The molecule has 0 spiro atoms. The number of nitrogens with zero attached hydrogens (tertiary/aromatic N) is 3. The Labute approximate surface area is 143 Å². The SMILES string of the molecule is CN=C(NCc1cccc(C#N)c1)N(C)Cc1ccc(Br)s1. The van der Waals surface area contributed by atoms with Crippen LogP contribution in [0.15, 0.2) is 45.2 Å². The monoisotopic (exact) mass is 376 g/mol. The van der Waals surface area contributed by atoms with Gasteiger partial charge in [0, 0.05) is 25.5 Å². The average Bonchev–Trinajstić information content (AvgIpc) is 2.93. The fourth-order valence-electron chi connectivity index (χ4n) is 2.06. The van der Waals surface area contributed by atoms with Gasteiger partial charge in [-0.05, 0) is 45.8 Å². The Hall–Kier alpha value is -1.84. The molecule has 0 amide bonds. The number of rotatable bonds is 4. The second-order valence-electron chi connectivity index (χ2n) is 4.77. The Kier molecular flexibility index (Phi) is 5.99. The van der Waals surface area contributed by atoms with Crippen molar-refractivity contribution in [3.05, 3.63) is 56.2 Å².